The minimum atomic E-state index is -4.63. The zero-order valence-electron chi connectivity index (χ0n) is 8.02. The molecule has 1 aromatic rings. The molecule has 0 bridgehead atoms. The Labute approximate surface area is 103 Å². The van der Waals surface area contributed by atoms with E-state index >= 15 is 0 Å². The largest absolute Gasteiger partial charge is 0.418 e. The van der Waals surface area contributed by atoms with Crippen LogP contribution in [0.15, 0.2) is 12.1 Å². The predicted molar refractivity (Wildman–Crippen MR) is 58.9 cm³/mol. The number of hydrogen-bond acceptors (Lipinski definition) is 2. The molecule has 16 heavy (non-hydrogen) atoms. The molecule has 1 aromatic carbocycles. The van der Waals surface area contributed by atoms with Crippen molar-refractivity contribution in [3.05, 3.63) is 32.4 Å². The Kier molecular flexibility index (Phi) is 3.57. The molecular formula is C10H5F3INO. The third-order valence-corrected chi connectivity index (χ3v) is 3.05. The van der Waals surface area contributed by atoms with E-state index in [0.717, 1.165) is 6.07 Å². The van der Waals surface area contributed by atoms with E-state index in [-0.39, 0.29) is 9.13 Å². The third-order valence-electron chi connectivity index (χ3n) is 1.93. The highest BCUT2D eigenvalue weighted by atomic mass is 127. The standard InChI is InChI=1S/C10H5F3INO/c1-5(16)7-3-2-6(4-15)8(9(7)14)10(11,12)13/h2-3H,1H3. The summed E-state index contributed by atoms with van der Waals surface area (Å²) in [6.45, 7) is 1.18. The summed E-state index contributed by atoms with van der Waals surface area (Å²) in [5.74, 6) is -0.459. The number of nitriles is 1. The Morgan fingerprint density at radius 1 is 1.44 bits per heavy atom. The van der Waals surface area contributed by atoms with Crippen molar-refractivity contribution in [2.75, 3.05) is 0 Å². The van der Waals surface area contributed by atoms with Crippen LogP contribution in [0.5, 0.6) is 0 Å². The molecule has 6 heteroatoms. The third kappa shape index (κ3) is 2.35. The van der Waals surface area contributed by atoms with Gasteiger partial charge in [-0.3, -0.25) is 4.79 Å². The summed E-state index contributed by atoms with van der Waals surface area (Å²) in [4.78, 5) is 11.1. The maximum absolute atomic E-state index is 12.7. The van der Waals surface area contributed by atoms with Gasteiger partial charge in [-0.15, -0.1) is 0 Å². The van der Waals surface area contributed by atoms with E-state index < -0.39 is 23.1 Å². The number of halogens is 4. The van der Waals surface area contributed by atoms with Gasteiger partial charge >= 0.3 is 6.18 Å². The molecule has 0 aliphatic rings. The average molecular weight is 339 g/mol. The summed E-state index contributed by atoms with van der Waals surface area (Å²) < 4.78 is 37.8. The molecule has 0 fully saturated rings. The molecule has 0 atom stereocenters. The number of nitrogens with zero attached hydrogens (tertiary/aromatic N) is 1. The van der Waals surface area contributed by atoms with E-state index in [1.54, 1.807) is 0 Å². The molecule has 0 saturated carbocycles. The normalized spacial score (nSPS) is 11.0. The zero-order valence-corrected chi connectivity index (χ0v) is 10.2. The molecule has 0 aliphatic carbocycles. The highest BCUT2D eigenvalue weighted by Crippen LogP contribution is 2.36. The monoisotopic (exact) mass is 339 g/mol. The van der Waals surface area contributed by atoms with Crippen LogP contribution in [0, 0.1) is 14.9 Å². The molecule has 0 saturated heterocycles. The van der Waals surface area contributed by atoms with Crippen molar-refractivity contribution >= 4 is 28.4 Å². The number of Topliss-reactive ketones (excluding diaryl/α,β-unsaturated/α-hetero) is 1. The Bertz CT molecular complexity index is 488. The summed E-state index contributed by atoms with van der Waals surface area (Å²) in [7, 11) is 0. The summed E-state index contributed by atoms with van der Waals surface area (Å²) in [6, 6.07) is 3.72. The van der Waals surface area contributed by atoms with Gasteiger partial charge in [0, 0.05) is 9.13 Å². The second kappa shape index (κ2) is 4.41. The maximum Gasteiger partial charge on any atom is 0.418 e. The molecule has 0 amide bonds. The number of benzene rings is 1. The van der Waals surface area contributed by atoms with Gasteiger partial charge in [-0.05, 0) is 41.6 Å². The molecule has 0 aliphatic heterocycles. The van der Waals surface area contributed by atoms with Crippen LogP contribution in [0.4, 0.5) is 13.2 Å². The van der Waals surface area contributed by atoms with Crippen LogP contribution in [-0.4, -0.2) is 5.78 Å². The Morgan fingerprint density at radius 3 is 2.38 bits per heavy atom. The van der Waals surface area contributed by atoms with Crippen molar-refractivity contribution in [1.29, 1.82) is 5.26 Å². The molecule has 2 nitrogen and oxygen atoms in total. The quantitative estimate of drug-likeness (QED) is 0.581. The fraction of sp³-hybridized carbons (Fsp3) is 0.200. The van der Waals surface area contributed by atoms with E-state index in [0.29, 0.717) is 0 Å². The van der Waals surface area contributed by atoms with Gasteiger partial charge in [0.2, 0.25) is 0 Å². The lowest BCUT2D eigenvalue weighted by molar-refractivity contribution is -0.138. The highest BCUT2D eigenvalue weighted by Gasteiger charge is 2.37. The summed E-state index contributed by atoms with van der Waals surface area (Å²) >= 11 is 1.44. The van der Waals surface area contributed by atoms with Gasteiger partial charge in [0.25, 0.3) is 0 Å². The van der Waals surface area contributed by atoms with Crippen LogP contribution < -0.4 is 0 Å². The summed E-state index contributed by atoms with van der Waals surface area (Å²) in [5, 5.41) is 8.60. The van der Waals surface area contributed by atoms with Crippen LogP contribution in [0.25, 0.3) is 0 Å². The Hall–Kier alpha value is -1.10. The molecule has 0 aromatic heterocycles. The first-order chi connectivity index (χ1) is 7.29. The fourth-order valence-electron chi connectivity index (χ4n) is 1.22. The van der Waals surface area contributed by atoms with E-state index in [2.05, 4.69) is 0 Å². The molecule has 0 radical (unpaired) electrons. The van der Waals surface area contributed by atoms with Crippen molar-refractivity contribution in [3.63, 3.8) is 0 Å². The average Bonchev–Trinajstić information content (AvgIpc) is 2.14. The lowest BCUT2D eigenvalue weighted by atomic mass is 10.0. The number of carbonyl (C=O) groups is 1. The van der Waals surface area contributed by atoms with Gasteiger partial charge in [-0.2, -0.15) is 18.4 Å². The highest BCUT2D eigenvalue weighted by molar-refractivity contribution is 14.1. The molecule has 0 N–H and O–H groups in total. The maximum atomic E-state index is 12.7. The van der Waals surface area contributed by atoms with Crippen molar-refractivity contribution in [3.8, 4) is 6.07 Å². The van der Waals surface area contributed by atoms with Gasteiger partial charge in [-0.1, -0.05) is 0 Å². The number of hydrogen-bond donors (Lipinski definition) is 0. The molecule has 0 heterocycles. The smallest absolute Gasteiger partial charge is 0.294 e. The summed E-state index contributed by atoms with van der Waals surface area (Å²) in [6.07, 6.45) is -4.63. The SMILES string of the molecule is CC(=O)c1ccc(C#N)c(C(F)(F)F)c1I. The molecule has 0 unspecified atom stereocenters. The predicted octanol–water partition coefficient (Wildman–Crippen LogP) is 3.38. The number of ketones is 1. The number of rotatable bonds is 1. The first kappa shape index (κ1) is 13.0. The minimum absolute atomic E-state index is 0.0214. The number of carbonyl (C=O) groups excluding carboxylic acids is 1. The minimum Gasteiger partial charge on any atom is -0.294 e. The first-order valence-electron chi connectivity index (χ1n) is 4.09. The van der Waals surface area contributed by atoms with Crippen molar-refractivity contribution < 1.29 is 18.0 Å². The second-order valence-corrected chi connectivity index (χ2v) is 4.09. The van der Waals surface area contributed by atoms with Crippen LogP contribution in [-0.2, 0) is 6.18 Å². The van der Waals surface area contributed by atoms with E-state index in [9.17, 15) is 18.0 Å². The van der Waals surface area contributed by atoms with Gasteiger partial charge in [0.05, 0.1) is 17.2 Å². The Balaban J connectivity index is 3.62. The van der Waals surface area contributed by atoms with E-state index in [4.69, 9.17) is 5.26 Å². The van der Waals surface area contributed by atoms with Crippen LogP contribution in [0.3, 0.4) is 0 Å². The van der Waals surface area contributed by atoms with Crippen molar-refractivity contribution in [2.24, 2.45) is 0 Å². The molecule has 84 valence electrons. The van der Waals surface area contributed by atoms with Gasteiger partial charge in [-0.25, -0.2) is 0 Å². The first-order valence-corrected chi connectivity index (χ1v) is 5.17. The van der Waals surface area contributed by atoms with Gasteiger partial charge in [0.15, 0.2) is 5.78 Å². The van der Waals surface area contributed by atoms with Gasteiger partial charge < -0.3 is 0 Å². The second-order valence-electron chi connectivity index (χ2n) is 3.02. The molecule has 0 spiro atoms. The lowest BCUT2D eigenvalue weighted by Crippen LogP contribution is -2.13. The summed E-state index contributed by atoms with van der Waals surface area (Å²) in [5.41, 5.74) is -1.53. The lowest BCUT2D eigenvalue weighted by Gasteiger charge is -2.12. The fourth-order valence-corrected chi connectivity index (χ4v) is 2.37. The number of alkyl halides is 3. The Morgan fingerprint density at radius 2 is 2.00 bits per heavy atom. The van der Waals surface area contributed by atoms with Crippen LogP contribution in [0.1, 0.15) is 28.4 Å². The topological polar surface area (TPSA) is 40.9 Å². The van der Waals surface area contributed by atoms with Gasteiger partial charge in [0.1, 0.15) is 0 Å². The van der Waals surface area contributed by atoms with E-state index in [1.807, 2.05) is 0 Å². The molecular weight excluding hydrogens is 334 g/mol. The van der Waals surface area contributed by atoms with E-state index in [1.165, 1.54) is 41.7 Å². The van der Waals surface area contributed by atoms with Crippen LogP contribution >= 0.6 is 22.6 Å². The molecule has 1 rings (SSSR count). The van der Waals surface area contributed by atoms with Crippen molar-refractivity contribution in [1.82, 2.24) is 0 Å². The zero-order chi connectivity index (χ0) is 12.5. The van der Waals surface area contributed by atoms with Crippen LogP contribution in [0.2, 0.25) is 0 Å². The van der Waals surface area contributed by atoms with Crippen molar-refractivity contribution in [2.45, 2.75) is 13.1 Å².